The number of nitrogens with one attached hydrogen (secondary N) is 1. The second-order valence-electron chi connectivity index (χ2n) is 6.33. The Morgan fingerprint density at radius 3 is 2.22 bits per heavy atom. The van der Waals surface area contributed by atoms with Gasteiger partial charge in [0.15, 0.2) is 0 Å². The second kappa shape index (κ2) is 7.30. The summed E-state index contributed by atoms with van der Waals surface area (Å²) in [6, 6.07) is 26.9. The molecule has 4 nitrogen and oxygen atoms in total. The largest absolute Gasteiger partial charge is 0.325 e. The summed E-state index contributed by atoms with van der Waals surface area (Å²) in [5, 5.41) is 4.33. The van der Waals surface area contributed by atoms with Crippen molar-refractivity contribution < 1.29 is 4.79 Å². The fourth-order valence-electron chi connectivity index (χ4n) is 3.09. The molecule has 4 aromatic rings. The van der Waals surface area contributed by atoms with Crippen LogP contribution in [0.25, 0.3) is 21.9 Å². The molecule has 0 saturated carbocycles. The van der Waals surface area contributed by atoms with E-state index in [1.807, 2.05) is 78.9 Å². The maximum atomic E-state index is 12.5. The van der Waals surface area contributed by atoms with Crippen LogP contribution in [0, 0.1) is 0 Å². The zero-order valence-electron chi connectivity index (χ0n) is 14.6. The SMILES string of the molecule is O=C(Cn1ccc2ccccc2c1=O)Nc1ccc(-c2ccccc2)cc1. The van der Waals surface area contributed by atoms with Gasteiger partial charge in [0.2, 0.25) is 5.91 Å². The van der Waals surface area contributed by atoms with Crippen molar-refractivity contribution >= 4 is 22.4 Å². The molecule has 4 rings (SSSR count). The first-order valence-corrected chi connectivity index (χ1v) is 8.74. The Bertz CT molecular complexity index is 1150. The van der Waals surface area contributed by atoms with Crippen molar-refractivity contribution in [1.29, 1.82) is 0 Å². The number of hydrogen-bond acceptors (Lipinski definition) is 2. The molecule has 1 amide bonds. The highest BCUT2D eigenvalue weighted by Gasteiger charge is 2.08. The lowest BCUT2D eigenvalue weighted by Crippen LogP contribution is -2.27. The van der Waals surface area contributed by atoms with Gasteiger partial charge in [0.25, 0.3) is 5.56 Å². The summed E-state index contributed by atoms with van der Waals surface area (Å²) in [4.78, 5) is 24.9. The fourth-order valence-corrected chi connectivity index (χ4v) is 3.09. The number of nitrogens with zero attached hydrogens (tertiary/aromatic N) is 1. The number of hydrogen-bond donors (Lipinski definition) is 1. The van der Waals surface area contributed by atoms with E-state index in [4.69, 9.17) is 0 Å². The monoisotopic (exact) mass is 354 g/mol. The lowest BCUT2D eigenvalue weighted by molar-refractivity contribution is -0.116. The highest BCUT2D eigenvalue weighted by molar-refractivity contribution is 5.91. The van der Waals surface area contributed by atoms with Crippen molar-refractivity contribution in [2.24, 2.45) is 0 Å². The fraction of sp³-hybridized carbons (Fsp3) is 0.0435. The van der Waals surface area contributed by atoms with Crippen LogP contribution in [-0.4, -0.2) is 10.5 Å². The summed E-state index contributed by atoms with van der Waals surface area (Å²) >= 11 is 0. The van der Waals surface area contributed by atoms with E-state index < -0.39 is 0 Å². The van der Waals surface area contributed by atoms with Gasteiger partial charge in [0, 0.05) is 17.3 Å². The van der Waals surface area contributed by atoms with Gasteiger partial charge in [-0.05, 0) is 40.8 Å². The minimum absolute atomic E-state index is 0.0237. The number of amides is 1. The molecule has 0 saturated heterocycles. The van der Waals surface area contributed by atoms with Crippen molar-refractivity contribution in [1.82, 2.24) is 4.57 Å². The summed E-state index contributed by atoms with van der Waals surface area (Å²) < 4.78 is 1.43. The molecule has 0 aliphatic rings. The van der Waals surface area contributed by atoms with Crippen molar-refractivity contribution in [3.05, 3.63) is 101 Å². The minimum Gasteiger partial charge on any atom is -0.325 e. The predicted octanol–water partition coefficient (Wildman–Crippen LogP) is 4.31. The number of carbonyl (C=O) groups is 1. The third-order valence-corrected chi connectivity index (χ3v) is 4.48. The molecule has 1 N–H and O–H groups in total. The second-order valence-corrected chi connectivity index (χ2v) is 6.33. The Hall–Kier alpha value is -3.66. The molecule has 132 valence electrons. The normalized spacial score (nSPS) is 10.7. The van der Waals surface area contributed by atoms with Crippen LogP contribution < -0.4 is 10.9 Å². The third-order valence-electron chi connectivity index (χ3n) is 4.48. The van der Waals surface area contributed by atoms with Gasteiger partial charge in [-0.1, -0.05) is 60.7 Å². The molecule has 0 unspecified atom stereocenters. The molecule has 0 fully saturated rings. The number of rotatable bonds is 4. The number of anilines is 1. The minimum atomic E-state index is -0.236. The van der Waals surface area contributed by atoms with E-state index in [-0.39, 0.29) is 18.0 Å². The average molecular weight is 354 g/mol. The van der Waals surface area contributed by atoms with Crippen LogP contribution in [0.1, 0.15) is 0 Å². The Morgan fingerprint density at radius 1 is 0.778 bits per heavy atom. The Morgan fingerprint density at radius 2 is 1.44 bits per heavy atom. The summed E-state index contributed by atoms with van der Waals surface area (Å²) in [6.07, 6.45) is 1.66. The van der Waals surface area contributed by atoms with Crippen molar-refractivity contribution in [3.8, 4) is 11.1 Å². The molecule has 0 spiro atoms. The molecule has 0 bridgehead atoms. The maximum absolute atomic E-state index is 12.5. The third kappa shape index (κ3) is 3.65. The van der Waals surface area contributed by atoms with E-state index in [2.05, 4.69) is 5.32 Å². The van der Waals surface area contributed by atoms with Gasteiger partial charge in [0.1, 0.15) is 6.54 Å². The van der Waals surface area contributed by atoms with Crippen molar-refractivity contribution in [2.75, 3.05) is 5.32 Å². The summed E-state index contributed by atoms with van der Waals surface area (Å²) in [5.74, 6) is -0.236. The van der Waals surface area contributed by atoms with Gasteiger partial charge >= 0.3 is 0 Å². The Kier molecular flexibility index (Phi) is 4.54. The maximum Gasteiger partial charge on any atom is 0.258 e. The highest BCUT2D eigenvalue weighted by Crippen LogP contribution is 2.21. The topological polar surface area (TPSA) is 51.1 Å². The van der Waals surface area contributed by atoms with Crippen LogP contribution in [0.4, 0.5) is 5.69 Å². The molecule has 1 heterocycles. The van der Waals surface area contributed by atoms with Crippen molar-refractivity contribution in [3.63, 3.8) is 0 Å². The van der Waals surface area contributed by atoms with E-state index >= 15 is 0 Å². The molecule has 1 aromatic heterocycles. The van der Waals surface area contributed by atoms with Crippen LogP contribution >= 0.6 is 0 Å². The van der Waals surface area contributed by atoms with E-state index in [0.717, 1.165) is 16.5 Å². The van der Waals surface area contributed by atoms with E-state index in [9.17, 15) is 9.59 Å². The molecule has 4 heteroatoms. The lowest BCUT2D eigenvalue weighted by atomic mass is 10.1. The molecule has 0 aliphatic carbocycles. The zero-order chi connectivity index (χ0) is 18.6. The quantitative estimate of drug-likeness (QED) is 0.594. The van der Waals surface area contributed by atoms with E-state index in [1.165, 1.54) is 4.57 Å². The first-order chi connectivity index (χ1) is 13.2. The van der Waals surface area contributed by atoms with E-state index in [0.29, 0.717) is 11.1 Å². The number of benzene rings is 3. The summed E-state index contributed by atoms with van der Waals surface area (Å²) in [5.41, 5.74) is 2.74. The number of pyridine rings is 1. The lowest BCUT2D eigenvalue weighted by Gasteiger charge is -2.09. The van der Waals surface area contributed by atoms with Gasteiger partial charge in [0.05, 0.1) is 0 Å². The van der Waals surface area contributed by atoms with Gasteiger partial charge in [-0.3, -0.25) is 9.59 Å². The predicted molar refractivity (Wildman–Crippen MR) is 109 cm³/mol. The molecule has 27 heavy (non-hydrogen) atoms. The molecule has 3 aromatic carbocycles. The van der Waals surface area contributed by atoms with Crippen LogP contribution in [0.15, 0.2) is 95.9 Å². The molecule has 0 radical (unpaired) electrons. The van der Waals surface area contributed by atoms with E-state index in [1.54, 1.807) is 12.3 Å². The van der Waals surface area contributed by atoms with Gasteiger partial charge in [-0.2, -0.15) is 0 Å². The van der Waals surface area contributed by atoms with Crippen LogP contribution in [-0.2, 0) is 11.3 Å². The smallest absolute Gasteiger partial charge is 0.258 e. The van der Waals surface area contributed by atoms with Crippen LogP contribution in [0.2, 0.25) is 0 Å². The van der Waals surface area contributed by atoms with Crippen molar-refractivity contribution in [2.45, 2.75) is 6.54 Å². The average Bonchev–Trinajstić information content (AvgIpc) is 2.71. The van der Waals surface area contributed by atoms with Gasteiger partial charge in [-0.25, -0.2) is 0 Å². The Labute approximate surface area is 156 Å². The summed E-state index contributed by atoms with van der Waals surface area (Å²) in [6.45, 7) is -0.0237. The van der Waals surface area contributed by atoms with Crippen LogP contribution in [0.5, 0.6) is 0 Å². The zero-order valence-corrected chi connectivity index (χ0v) is 14.6. The highest BCUT2D eigenvalue weighted by atomic mass is 16.2. The standard InChI is InChI=1S/C23H18N2O2/c26-22(16-25-15-14-19-8-4-5-9-21(19)23(25)27)24-20-12-10-18(11-13-20)17-6-2-1-3-7-17/h1-15H,16H2,(H,24,26). The number of aromatic nitrogens is 1. The molecular weight excluding hydrogens is 336 g/mol. The number of fused-ring (bicyclic) bond motifs is 1. The van der Waals surface area contributed by atoms with Gasteiger partial charge in [-0.15, -0.1) is 0 Å². The Balaban J connectivity index is 1.48. The van der Waals surface area contributed by atoms with Gasteiger partial charge < -0.3 is 9.88 Å². The first-order valence-electron chi connectivity index (χ1n) is 8.74. The molecule has 0 atom stereocenters. The summed E-state index contributed by atoms with van der Waals surface area (Å²) in [7, 11) is 0. The molecule has 0 aliphatic heterocycles. The number of carbonyl (C=O) groups excluding carboxylic acids is 1. The molecular formula is C23H18N2O2. The van der Waals surface area contributed by atoms with Crippen LogP contribution in [0.3, 0.4) is 0 Å². The first kappa shape index (κ1) is 16.8.